The number of benzene rings is 4. The van der Waals surface area contributed by atoms with Crippen molar-refractivity contribution in [2.45, 2.75) is 20.1 Å². The van der Waals surface area contributed by atoms with Crippen LogP contribution >= 0.6 is 22.6 Å². The van der Waals surface area contributed by atoms with Crippen molar-refractivity contribution in [3.8, 4) is 11.5 Å². The summed E-state index contributed by atoms with van der Waals surface area (Å²) >= 11 is 2.29. The number of anilines is 1. The highest BCUT2D eigenvalue weighted by Gasteiger charge is 2.13. The number of fused-ring (bicyclic) bond motifs is 1. The summed E-state index contributed by atoms with van der Waals surface area (Å²) in [6.45, 7) is 3.58. The second-order valence-corrected chi connectivity index (χ2v) is 8.29. The third-order valence-corrected chi connectivity index (χ3v) is 5.76. The van der Waals surface area contributed by atoms with E-state index in [9.17, 15) is 4.39 Å². The van der Waals surface area contributed by atoms with Crippen molar-refractivity contribution in [2.75, 3.05) is 11.9 Å². The predicted octanol–water partition coefficient (Wildman–Crippen LogP) is 7.17. The van der Waals surface area contributed by atoms with Gasteiger partial charge >= 0.3 is 0 Å². The molecule has 0 heterocycles. The first-order chi connectivity index (χ1) is 15.1. The van der Waals surface area contributed by atoms with Gasteiger partial charge in [-0.2, -0.15) is 0 Å². The molecule has 0 aliphatic carbocycles. The Bertz CT molecular complexity index is 1170. The van der Waals surface area contributed by atoms with Gasteiger partial charge in [-0.05, 0) is 87.8 Å². The highest BCUT2D eigenvalue weighted by atomic mass is 127. The zero-order valence-corrected chi connectivity index (χ0v) is 19.4. The van der Waals surface area contributed by atoms with Gasteiger partial charge in [-0.25, -0.2) is 4.39 Å². The van der Waals surface area contributed by atoms with E-state index in [1.54, 1.807) is 12.1 Å². The molecular formula is C26H23FINO2. The minimum atomic E-state index is -0.244. The summed E-state index contributed by atoms with van der Waals surface area (Å²) in [4.78, 5) is 0. The second kappa shape index (κ2) is 10.0. The Balaban J connectivity index is 1.53. The number of nitrogens with one attached hydrogen (secondary N) is 1. The SMILES string of the molecule is CCOc1cc(CNc2ccc(F)cc2)cc(I)c1OCc1cccc2ccccc12. The number of ether oxygens (including phenoxy) is 2. The largest absolute Gasteiger partial charge is 0.490 e. The van der Waals surface area contributed by atoms with Gasteiger partial charge in [0.15, 0.2) is 11.5 Å². The lowest BCUT2D eigenvalue weighted by Gasteiger charge is -2.17. The first-order valence-corrected chi connectivity index (χ1v) is 11.3. The third kappa shape index (κ3) is 5.28. The molecule has 0 spiro atoms. The molecular weight excluding hydrogens is 504 g/mol. The lowest BCUT2D eigenvalue weighted by Crippen LogP contribution is -2.05. The van der Waals surface area contributed by atoms with Gasteiger partial charge in [-0.15, -0.1) is 0 Å². The molecule has 3 nitrogen and oxygen atoms in total. The standard InChI is InChI=1S/C26H23FINO2/c1-2-30-25-15-18(16-29-22-12-10-21(27)11-13-22)14-24(28)26(25)31-17-20-8-5-7-19-6-3-4-9-23(19)20/h3-15,29H,2,16-17H2,1H3. The topological polar surface area (TPSA) is 30.5 Å². The van der Waals surface area contributed by atoms with Gasteiger partial charge in [0, 0.05) is 12.2 Å². The van der Waals surface area contributed by atoms with E-state index in [-0.39, 0.29) is 5.82 Å². The summed E-state index contributed by atoms with van der Waals surface area (Å²) in [6.07, 6.45) is 0. The Morgan fingerprint density at radius 2 is 1.68 bits per heavy atom. The van der Waals surface area contributed by atoms with Crippen LogP contribution in [-0.2, 0) is 13.2 Å². The zero-order valence-electron chi connectivity index (χ0n) is 17.2. The van der Waals surface area contributed by atoms with Crippen LogP contribution in [0.15, 0.2) is 78.9 Å². The Morgan fingerprint density at radius 1 is 0.903 bits per heavy atom. The Kier molecular flexibility index (Phi) is 6.92. The van der Waals surface area contributed by atoms with Gasteiger partial charge in [0.2, 0.25) is 0 Å². The molecule has 31 heavy (non-hydrogen) atoms. The first-order valence-electron chi connectivity index (χ1n) is 10.2. The normalized spacial score (nSPS) is 10.8. The van der Waals surface area contributed by atoms with Crippen LogP contribution in [0.1, 0.15) is 18.1 Å². The van der Waals surface area contributed by atoms with Crippen molar-refractivity contribution in [1.29, 1.82) is 0 Å². The maximum Gasteiger partial charge on any atom is 0.174 e. The van der Waals surface area contributed by atoms with E-state index >= 15 is 0 Å². The Morgan fingerprint density at radius 3 is 2.48 bits per heavy atom. The van der Waals surface area contributed by atoms with Gasteiger partial charge < -0.3 is 14.8 Å². The van der Waals surface area contributed by atoms with E-state index < -0.39 is 0 Å². The molecule has 0 saturated heterocycles. The molecule has 0 fully saturated rings. The van der Waals surface area contributed by atoms with E-state index in [2.05, 4.69) is 64.3 Å². The summed E-state index contributed by atoms with van der Waals surface area (Å²) in [5.74, 6) is 1.23. The van der Waals surface area contributed by atoms with Crippen molar-refractivity contribution >= 4 is 39.1 Å². The lowest BCUT2D eigenvalue weighted by atomic mass is 10.1. The van der Waals surface area contributed by atoms with Crippen LogP contribution in [-0.4, -0.2) is 6.61 Å². The van der Waals surface area contributed by atoms with Crippen LogP contribution in [0.4, 0.5) is 10.1 Å². The van der Waals surface area contributed by atoms with Crippen LogP contribution < -0.4 is 14.8 Å². The maximum absolute atomic E-state index is 13.1. The van der Waals surface area contributed by atoms with Crippen LogP contribution in [0, 0.1) is 9.39 Å². The lowest BCUT2D eigenvalue weighted by molar-refractivity contribution is 0.268. The van der Waals surface area contributed by atoms with Crippen LogP contribution in [0.25, 0.3) is 10.8 Å². The average molecular weight is 527 g/mol. The highest BCUT2D eigenvalue weighted by Crippen LogP contribution is 2.35. The van der Waals surface area contributed by atoms with Gasteiger partial charge in [-0.1, -0.05) is 42.5 Å². The first kappa shape index (κ1) is 21.4. The minimum Gasteiger partial charge on any atom is -0.490 e. The van der Waals surface area contributed by atoms with E-state index in [1.807, 2.05) is 25.1 Å². The number of hydrogen-bond acceptors (Lipinski definition) is 3. The van der Waals surface area contributed by atoms with Crippen molar-refractivity contribution in [2.24, 2.45) is 0 Å². The highest BCUT2D eigenvalue weighted by molar-refractivity contribution is 14.1. The average Bonchev–Trinajstić information content (AvgIpc) is 2.78. The summed E-state index contributed by atoms with van der Waals surface area (Å²) in [5.41, 5.74) is 3.07. The van der Waals surface area contributed by atoms with E-state index in [0.717, 1.165) is 31.9 Å². The van der Waals surface area contributed by atoms with Crippen LogP contribution in [0.2, 0.25) is 0 Å². The molecule has 0 aliphatic heterocycles. The predicted molar refractivity (Wildman–Crippen MR) is 132 cm³/mol. The van der Waals surface area contributed by atoms with Gasteiger partial charge in [0.05, 0.1) is 10.2 Å². The molecule has 4 rings (SSSR count). The molecule has 0 saturated carbocycles. The number of hydrogen-bond donors (Lipinski definition) is 1. The number of halogens is 2. The molecule has 158 valence electrons. The Labute approximate surface area is 195 Å². The van der Waals surface area contributed by atoms with E-state index in [1.165, 1.54) is 22.9 Å². The summed E-state index contributed by atoms with van der Waals surface area (Å²) in [7, 11) is 0. The van der Waals surface area contributed by atoms with Crippen LogP contribution in [0.5, 0.6) is 11.5 Å². The monoisotopic (exact) mass is 527 g/mol. The molecule has 4 aromatic rings. The van der Waals surface area contributed by atoms with Crippen molar-refractivity contribution in [3.63, 3.8) is 0 Å². The molecule has 5 heteroatoms. The fourth-order valence-electron chi connectivity index (χ4n) is 3.47. The fourth-order valence-corrected chi connectivity index (χ4v) is 4.29. The van der Waals surface area contributed by atoms with Gasteiger partial charge in [0.25, 0.3) is 0 Å². The van der Waals surface area contributed by atoms with Crippen LogP contribution in [0.3, 0.4) is 0 Å². The second-order valence-electron chi connectivity index (χ2n) is 7.13. The van der Waals surface area contributed by atoms with Crippen molar-refractivity contribution < 1.29 is 13.9 Å². The molecule has 4 aromatic carbocycles. The van der Waals surface area contributed by atoms with Gasteiger partial charge in [0.1, 0.15) is 12.4 Å². The van der Waals surface area contributed by atoms with E-state index in [0.29, 0.717) is 19.8 Å². The van der Waals surface area contributed by atoms with E-state index in [4.69, 9.17) is 9.47 Å². The van der Waals surface area contributed by atoms with Crippen molar-refractivity contribution in [1.82, 2.24) is 0 Å². The van der Waals surface area contributed by atoms with Crippen molar-refractivity contribution in [3.05, 3.63) is 99.4 Å². The molecule has 0 bridgehead atoms. The molecule has 0 aromatic heterocycles. The quantitative estimate of drug-likeness (QED) is 0.247. The number of rotatable bonds is 8. The smallest absolute Gasteiger partial charge is 0.174 e. The molecule has 0 amide bonds. The summed E-state index contributed by atoms with van der Waals surface area (Å²) < 4.78 is 26.2. The maximum atomic E-state index is 13.1. The third-order valence-electron chi connectivity index (χ3n) is 4.96. The Hall–Kier alpha value is -2.80. The zero-order chi connectivity index (χ0) is 21.6. The minimum absolute atomic E-state index is 0.244. The summed E-state index contributed by atoms with van der Waals surface area (Å²) in [5, 5.41) is 5.71. The molecule has 0 radical (unpaired) electrons. The molecule has 0 unspecified atom stereocenters. The summed E-state index contributed by atoms with van der Waals surface area (Å²) in [6, 6.07) is 25.0. The molecule has 0 aliphatic rings. The molecule has 1 N–H and O–H groups in total. The van der Waals surface area contributed by atoms with Gasteiger partial charge in [-0.3, -0.25) is 0 Å². The molecule has 0 atom stereocenters. The fraction of sp³-hybridized carbons (Fsp3) is 0.154.